The number of aliphatic hydroxyl groups is 1. The van der Waals surface area contributed by atoms with E-state index in [0.717, 1.165) is 32.1 Å². The maximum Gasteiger partial charge on any atom is 0.0723 e. The molecule has 1 heteroatoms. The second-order valence-corrected chi connectivity index (χ2v) is 4.93. The molecule has 19 heavy (non-hydrogen) atoms. The lowest BCUT2D eigenvalue weighted by Gasteiger charge is -2.04. The average Bonchev–Trinajstić information content (AvgIpc) is 2.41. The molecule has 0 amide bonds. The van der Waals surface area contributed by atoms with Gasteiger partial charge in [0.1, 0.15) is 0 Å². The summed E-state index contributed by atoms with van der Waals surface area (Å²) in [6, 6.07) is 0. The van der Waals surface area contributed by atoms with E-state index in [0.29, 0.717) is 0 Å². The van der Waals surface area contributed by atoms with Gasteiger partial charge in [0.2, 0.25) is 0 Å². The first-order chi connectivity index (χ1) is 9.31. The minimum atomic E-state index is -0.305. The summed E-state index contributed by atoms with van der Waals surface area (Å²) in [5, 5.41) is 9.64. The summed E-state index contributed by atoms with van der Waals surface area (Å²) in [4.78, 5) is 0. The van der Waals surface area contributed by atoms with Crippen molar-refractivity contribution >= 4 is 0 Å². The van der Waals surface area contributed by atoms with Gasteiger partial charge >= 0.3 is 0 Å². The zero-order valence-corrected chi connectivity index (χ0v) is 12.6. The molecule has 0 heterocycles. The van der Waals surface area contributed by atoms with E-state index < -0.39 is 0 Å². The summed E-state index contributed by atoms with van der Waals surface area (Å²) in [6.45, 7) is 6.02. The predicted molar refractivity (Wildman–Crippen MR) is 86.0 cm³/mol. The van der Waals surface area contributed by atoms with E-state index in [1.165, 1.54) is 25.7 Å². The molecule has 1 atom stereocenters. The normalized spacial score (nSPS) is 14.1. The van der Waals surface area contributed by atoms with Crippen LogP contribution in [-0.2, 0) is 0 Å². The lowest BCUT2D eigenvalue weighted by molar-refractivity contribution is 0.208. The largest absolute Gasteiger partial charge is 0.389 e. The Morgan fingerprint density at radius 2 is 1.84 bits per heavy atom. The van der Waals surface area contributed by atoms with Crippen molar-refractivity contribution in [2.24, 2.45) is 0 Å². The number of hydrogen-bond acceptors (Lipinski definition) is 1. The number of unbranched alkanes of at least 4 members (excludes halogenated alkanes) is 5. The molecule has 0 aliphatic rings. The molecule has 0 aliphatic heterocycles. The Morgan fingerprint density at radius 1 is 1.00 bits per heavy atom. The van der Waals surface area contributed by atoms with Crippen LogP contribution in [0, 0.1) is 6.92 Å². The van der Waals surface area contributed by atoms with Crippen molar-refractivity contribution in [1.82, 2.24) is 0 Å². The standard InChI is InChI=1S/C18H31O/c1-3-5-7-8-9-10-11-12-13-15-17-18(19)16-14-6-4-2/h9-10,12-13,15,17-19H,2-8,11,14,16H2,1H3/q-1/b10-9-,13-12-,17-15-. The molecular weight excluding hydrogens is 232 g/mol. The van der Waals surface area contributed by atoms with Gasteiger partial charge in [0.05, 0.1) is 6.10 Å². The van der Waals surface area contributed by atoms with Crippen LogP contribution in [0.25, 0.3) is 0 Å². The fraction of sp³-hybridized carbons (Fsp3) is 0.611. The van der Waals surface area contributed by atoms with Crippen LogP contribution in [-0.4, -0.2) is 11.2 Å². The molecule has 0 aromatic carbocycles. The van der Waals surface area contributed by atoms with Crippen LogP contribution in [0.2, 0.25) is 0 Å². The van der Waals surface area contributed by atoms with E-state index >= 15 is 0 Å². The summed E-state index contributed by atoms with van der Waals surface area (Å²) in [5.41, 5.74) is 0. The number of rotatable bonds is 12. The highest BCUT2D eigenvalue weighted by atomic mass is 16.3. The Labute approximate surface area is 120 Å². The minimum absolute atomic E-state index is 0.305. The van der Waals surface area contributed by atoms with Gasteiger partial charge in [-0.05, 0) is 25.7 Å². The van der Waals surface area contributed by atoms with Crippen LogP contribution in [0.1, 0.15) is 64.7 Å². The van der Waals surface area contributed by atoms with E-state index in [4.69, 9.17) is 0 Å². The van der Waals surface area contributed by atoms with Crippen LogP contribution in [0.3, 0.4) is 0 Å². The summed E-state index contributed by atoms with van der Waals surface area (Å²) < 4.78 is 0. The first kappa shape index (κ1) is 18.2. The van der Waals surface area contributed by atoms with E-state index in [-0.39, 0.29) is 6.10 Å². The van der Waals surface area contributed by atoms with Gasteiger partial charge in [-0.25, -0.2) is 0 Å². The van der Waals surface area contributed by atoms with Crippen LogP contribution >= 0.6 is 0 Å². The summed E-state index contributed by atoms with van der Waals surface area (Å²) in [5.74, 6) is 0. The second kappa shape index (κ2) is 15.2. The molecule has 0 aromatic heterocycles. The first-order valence-corrected chi connectivity index (χ1v) is 7.76. The molecule has 0 aromatic rings. The number of allylic oxidation sites excluding steroid dienone is 5. The van der Waals surface area contributed by atoms with Crippen LogP contribution in [0.4, 0.5) is 0 Å². The minimum Gasteiger partial charge on any atom is -0.389 e. The highest BCUT2D eigenvalue weighted by Crippen LogP contribution is 2.04. The highest BCUT2D eigenvalue weighted by Gasteiger charge is 1.95. The van der Waals surface area contributed by atoms with Gasteiger partial charge in [-0.15, -0.1) is 0 Å². The Balaban J connectivity index is 3.50. The predicted octanol–water partition coefficient (Wildman–Crippen LogP) is 5.38. The van der Waals surface area contributed by atoms with Crippen molar-refractivity contribution in [3.8, 4) is 0 Å². The van der Waals surface area contributed by atoms with Crippen molar-refractivity contribution in [2.75, 3.05) is 0 Å². The van der Waals surface area contributed by atoms with Gasteiger partial charge in [-0.3, -0.25) is 0 Å². The smallest absolute Gasteiger partial charge is 0.0723 e. The number of aliphatic hydroxyl groups excluding tert-OH is 1. The third-order valence-electron chi connectivity index (χ3n) is 2.99. The molecule has 0 saturated carbocycles. The summed E-state index contributed by atoms with van der Waals surface area (Å²) in [6.07, 6.45) is 22.2. The van der Waals surface area contributed by atoms with Crippen molar-refractivity contribution in [2.45, 2.75) is 70.8 Å². The van der Waals surface area contributed by atoms with Crippen molar-refractivity contribution in [1.29, 1.82) is 0 Å². The van der Waals surface area contributed by atoms with E-state index in [2.05, 4.69) is 32.1 Å². The van der Waals surface area contributed by atoms with Crippen LogP contribution in [0.5, 0.6) is 0 Å². The van der Waals surface area contributed by atoms with Crippen molar-refractivity contribution in [3.63, 3.8) is 0 Å². The summed E-state index contributed by atoms with van der Waals surface area (Å²) in [7, 11) is 0. The van der Waals surface area contributed by atoms with E-state index in [9.17, 15) is 5.11 Å². The van der Waals surface area contributed by atoms with Gasteiger partial charge in [0.25, 0.3) is 0 Å². The molecule has 0 aliphatic carbocycles. The summed E-state index contributed by atoms with van der Waals surface area (Å²) >= 11 is 0. The average molecular weight is 263 g/mol. The quantitative estimate of drug-likeness (QED) is 0.217. The first-order valence-electron chi connectivity index (χ1n) is 7.76. The van der Waals surface area contributed by atoms with Gasteiger partial charge < -0.3 is 12.0 Å². The van der Waals surface area contributed by atoms with Gasteiger partial charge in [-0.2, -0.15) is 6.42 Å². The third-order valence-corrected chi connectivity index (χ3v) is 2.99. The van der Waals surface area contributed by atoms with E-state index in [1.807, 2.05) is 18.2 Å². The molecule has 1 N–H and O–H groups in total. The van der Waals surface area contributed by atoms with Crippen LogP contribution in [0.15, 0.2) is 36.5 Å². The molecule has 0 rings (SSSR count). The van der Waals surface area contributed by atoms with Crippen LogP contribution < -0.4 is 0 Å². The van der Waals surface area contributed by atoms with Gasteiger partial charge in [0.15, 0.2) is 0 Å². The topological polar surface area (TPSA) is 20.2 Å². The second-order valence-electron chi connectivity index (χ2n) is 4.93. The number of hydrogen-bond donors (Lipinski definition) is 1. The van der Waals surface area contributed by atoms with Gasteiger partial charge in [-0.1, -0.05) is 69.1 Å². The lowest BCUT2D eigenvalue weighted by Crippen LogP contribution is -2.00. The fourth-order valence-electron chi connectivity index (χ4n) is 1.78. The molecule has 110 valence electrons. The molecule has 0 radical (unpaired) electrons. The monoisotopic (exact) mass is 263 g/mol. The maximum atomic E-state index is 9.64. The van der Waals surface area contributed by atoms with Gasteiger partial charge in [0, 0.05) is 0 Å². The SMILES string of the molecule is [CH2-]CCCCC(O)/C=C\C=C/C/C=C\CCCCC. The molecule has 0 bridgehead atoms. The third kappa shape index (κ3) is 15.1. The Kier molecular flexibility index (Phi) is 14.6. The molecule has 0 fully saturated rings. The zero-order valence-electron chi connectivity index (χ0n) is 12.6. The Morgan fingerprint density at radius 3 is 2.58 bits per heavy atom. The lowest BCUT2D eigenvalue weighted by atomic mass is 10.1. The van der Waals surface area contributed by atoms with E-state index in [1.54, 1.807) is 0 Å². The molecule has 0 saturated heterocycles. The Bertz CT molecular complexity index is 250. The fourth-order valence-corrected chi connectivity index (χ4v) is 1.78. The molecule has 1 unspecified atom stereocenters. The zero-order chi connectivity index (χ0) is 14.2. The molecule has 0 spiro atoms. The van der Waals surface area contributed by atoms with Crippen molar-refractivity contribution in [3.05, 3.63) is 43.4 Å². The Hall–Kier alpha value is -0.820. The maximum absolute atomic E-state index is 9.64. The highest BCUT2D eigenvalue weighted by molar-refractivity contribution is 5.06. The molecule has 1 nitrogen and oxygen atoms in total. The molecular formula is C18H31O-. The van der Waals surface area contributed by atoms with Crippen molar-refractivity contribution < 1.29 is 5.11 Å².